The predicted octanol–water partition coefficient (Wildman–Crippen LogP) is 4.74. The molecular weight excluding hydrogens is 188 g/mol. The highest BCUT2D eigenvalue weighted by Crippen LogP contribution is 2.43. The summed E-state index contributed by atoms with van der Waals surface area (Å²) in [6.45, 7) is 7.08. The molecule has 0 atom stereocenters. The average Bonchev–Trinajstić information content (AvgIpc) is 2.52. The van der Waals surface area contributed by atoms with Crippen molar-refractivity contribution in [3.63, 3.8) is 0 Å². The van der Waals surface area contributed by atoms with Crippen molar-refractivity contribution in [2.24, 2.45) is 5.41 Å². The third-order valence-electron chi connectivity index (χ3n) is 3.68. The monoisotopic (exact) mass is 208 g/mol. The summed E-state index contributed by atoms with van der Waals surface area (Å²) < 4.78 is 0. The van der Waals surface area contributed by atoms with Crippen molar-refractivity contribution < 1.29 is 0 Å². The Kier molecular flexibility index (Phi) is 2.70. The van der Waals surface area contributed by atoms with Crippen molar-refractivity contribution in [3.05, 3.63) is 21.9 Å². The molecule has 1 aromatic heterocycles. The van der Waals surface area contributed by atoms with Crippen LogP contribution in [0.4, 0.5) is 0 Å². The molecule has 0 spiro atoms. The Bertz CT molecular complexity index is 299. The number of hydrogen-bond acceptors (Lipinski definition) is 1. The normalized spacial score (nSPS) is 22.5. The van der Waals surface area contributed by atoms with Gasteiger partial charge in [0.25, 0.3) is 0 Å². The first-order valence-corrected chi connectivity index (χ1v) is 6.50. The maximum Gasteiger partial charge on any atom is 0.00490 e. The summed E-state index contributed by atoms with van der Waals surface area (Å²) in [6, 6.07) is 2.34. The Morgan fingerprint density at radius 2 is 1.93 bits per heavy atom. The van der Waals surface area contributed by atoms with Crippen LogP contribution in [0.1, 0.15) is 55.9 Å². The quantitative estimate of drug-likeness (QED) is 0.625. The summed E-state index contributed by atoms with van der Waals surface area (Å²) in [6.07, 6.45) is 5.58. The molecule has 0 nitrogen and oxygen atoms in total. The third kappa shape index (κ3) is 2.03. The molecule has 0 aliphatic heterocycles. The number of rotatable bonds is 1. The minimum Gasteiger partial charge on any atom is -0.149 e. The van der Waals surface area contributed by atoms with Crippen LogP contribution in [0.25, 0.3) is 0 Å². The fraction of sp³-hybridized carbons (Fsp3) is 0.692. The second-order valence-corrected chi connectivity index (χ2v) is 6.49. The first-order valence-electron chi connectivity index (χ1n) is 5.62. The second kappa shape index (κ2) is 3.69. The summed E-state index contributed by atoms with van der Waals surface area (Å²) in [5, 5.41) is 2.24. The molecule has 78 valence electrons. The van der Waals surface area contributed by atoms with E-state index in [4.69, 9.17) is 0 Å². The maximum atomic E-state index is 2.41. The van der Waals surface area contributed by atoms with E-state index in [2.05, 4.69) is 32.2 Å². The number of aryl methyl sites for hydroxylation is 1. The molecule has 1 aliphatic rings. The molecule has 0 radical (unpaired) electrons. The van der Waals surface area contributed by atoms with Gasteiger partial charge in [0.1, 0.15) is 0 Å². The Morgan fingerprint density at radius 3 is 2.43 bits per heavy atom. The highest BCUT2D eigenvalue weighted by atomic mass is 32.1. The Morgan fingerprint density at radius 1 is 1.29 bits per heavy atom. The Labute approximate surface area is 91.4 Å². The summed E-state index contributed by atoms with van der Waals surface area (Å²) in [7, 11) is 0. The van der Waals surface area contributed by atoms with Crippen LogP contribution >= 0.6 is 11.3 Å². The predicted molar refractivity (Wildman–Crippen MR) is 64.0 cm³/mol. The van der Waals surface area contributed by atoms with E-state index in [0.717, 1.165) is 5.92 Å². The molecule has 1 aliphatic carbocycles. The lowest BCUT2D eigenvalue weighted by Gasteiger charge is -2.34. The van der Waals surface area contributed by atoms with Crippen molar-refractivity contribution in [3.8, 4) is 0 Å². The number of thiophene rings is 1. The van der Waals surface area contributed by atoms with E-state index in [1.807, 2.05) is 11.3 Å². The molecule has 0 bridgehead atoms. The molecule has 2 rings (SSSR count). The van der Waals surface area contributed by atoms with E-state index in [0.29, 0.717) is 5.41 Å². The van der Waals surface area contributed by atoms with Crippen molar-refractivity contribution in [2.75, 3.05) is 0 Å². The highest BCUT2D eigenvalue weighted by Gasteiger charge is 2.28. The standard InChI is InChI=1S/C13H20S/c1-10-12(6-9-14-10)11-4-7-13(2,3)8-5-11/h6,9,11H,4-5,7-8H2,1-3H3. The first kappa shape index (κ1) is 10.2. The minimum atomic E-state index is 0.598. The van der Waals surface area contributed by atoms with Crippen LogP contribution in [0.5, 0.6) is 0 Å². The average molecular weight is 208 g/mol. The maximum absolute atomic E-state index is 2.41. The van der Waals surface area contributed by atoms with E-state index in [1.165, 1.54) is 30.6 Å². The van der Waals surface area contributed by atoms with Gasteiger partial charge < -0.3 is 0 Å². The lowest BCUT2D eigenvalue weighted by molar-refractivity contribution is 0.224. The van der Waals surface area contributed by atoms with Crippen LogP contribution in [0.3, 0.4) is 0 Å². The zero-order valence-corrected chi connectivity index (χ0v) is 10.3. The fourth-order valence-electron chi connectivity index (χ4n) is 2.53. The molecular formula is C13H20S. The van der Waals surface area contributed by atoms with Gasteiger partial charge in [-0.1, -0.05) is 13.8 Å². The topological polar surface area (TPSA) is 0 Å². The van der Waals surface area contributed by atoms with E-state index >= 15 is 0 Å². The summed E-state index contributed by atoms with van der Waals surface area (Å²) in [5.41, 5.74) is 2.23. The van der Waals surface area contributed by atoms with Gasteiger partial charge in [-0.2, -0.15) is 0 Å². The van der Waals surface area contributed by atoms with Crippen LogP contribution in [0.2, 0.25) is 0 Å². The molecule has 0 N–H and O–H groups in total. The molecule has 0 saturated heterocycles. The zero-order valence-electron chi connectivity index (χ0n) is 9.47. The van der Waals surface area contributed by atoms with Gasteiger partial charge in [-0.25, -0.2) is 0 Å². The van der Waals surface area contributed by atoms with Gasteiger partial charge in [0, 0.05) is 4.88 Å². The molecule has 0 amide bonds. The van der Waals surface area contributed by atoms with Gasteiger partial charge in [0.05, 0.1) is 0 Å². The lowest BCUT2D eigenvalue weighted by atomic mass is 9.71. The molecule has 1 aromatic rings. The largest absolute Gasteiger partial charge is 0.149 e. The molecule has 14 heavy (non-hydrogen) atoms. The van der Waals surface area contributed by atoms with Crippen molar-refractivity contribution in [1.29, 1.82) is 0 Å². The van der Waals surface area contributed by atoms with Gasteiger partial charge in [-0.05, 0) is 60.9 Å². The Hall–Kier alpha value is -0.300. The lowest BCUT2D eigenvalue weighted by Crippen LogP contribution is -2.20. The highest BCUT2D eigenvalue weighted by molar-refractivity contribution is 7.10. The van der Waals surface area contributed by atoms with Crippen molar-refractivity contribution in [2.45, 2.75) is 52.4 Å². The van der Waals surface area contributed by atoms with Crippen LogP contribution < -0.4 is 0 Å². The third-order valence-corrected chi connectivity index (χ3v) is 4.54. The van der Waals surface area contributed by atoms with E-state index in [9.17, 15) is 0 Å². The summed E-state index contributed by atoms with van der Waals surface area (Å²) in [5.74, 6) is 0.856. The van der Waals surface area contributed by atoms with Gasteiger partial charge >= 0.3 is 0 Å². The minimum absolute atomic E-state index is 0.598. The summed E-state index contributed by atoms with van der Waals surface area (Å²) in [4.78, 5) is 1.54. The van der Waals surface area contributed by atoms with E-state index in [1.54, 1.807) is 5.56 Å². The Balaban J connectivity index is 2.06. The summed E-state index contributed by atoms with van der Waals surface area (Å²) >= 11 is 1.90. The van der Waals surface area contributed by atoms with Crippen LogP contribution in [0.15, 0.2) is 11.4 Å². The SMILES string of the molecule is Cc1sccc1C1CCC(C)(C)CC1. The molecule has 0 aromatic carbocycles. The van der Waals surface area contributed by atoms with Crippen LogP contribution in [-0.2, 0) is 0 Å². The molecule has 1 saturated carbocycles. The number of hydrogen-bond donors (Lipinski definition) is 0. The molecule has 1 fully saturated rings. The fourth-order valence-corrected chi connectivity index (χ4v) is 3.32. The zero-order chi connectivity index (χ0) is 10.2. The second-order valence-electron chi connectivity index (χ2n) is 5.37. The van der Waals surface area contributed by atoms with E-state index in [-0.39, 0.29) is 0 Å². The van der Waals surface area contributed by atoms with Gasteiger partial charge in [-0.3, -0.25) is 0 Å². The molecule has 1 heteroatoms. The van der Waals surface area contributed by atoms with Crippen molar-refractivity contribution >= 4 is 11.3 Å². The smallest absolute Gasteiger partial charge is 0.00490 e. The molecule has 1 heterocycles. The van der Waals surface area contributed by atoms with Gasteiger partial charge in [0.2, 0.25) is 0 Å². The van der Waals surface area contributed by atoms with Crippen LogP contribution in [0, 0.1) is 12.3 Å². The molecule has 0 unspecified atom stereocenters. The van der Waals surface area contributed by atoms with Gasteiger partial charge in [0.15, 0.2) is 0 Å². The van der Waals surface area contributed by atoms with Gasteiger partial charge in [-0.15, -0.1) is 11.3 Å². The van der Waals surface area contributed by atoms with Crippen LogP contribution in [-0.4, -0.2) is 0 Å². The van der Waals surface area contributed by atoms with E-state index < -0.39 is 0 Å². The first-order chi connectivity index (χ1) is 6.58. The van der Waals surface area contributed by atoms with Crippen molar-refractivity contribution in [1.82, 2.24) is 0 Å².